The van der Waals surface area contributed by atoms with Gasteiger partial charge in [0.2, 0.25) is 5.91 Å². The Bertz CT molecular complexity index is 706. The Balaban J connectivity index is 1.42. The molecule has 0 radical (unpaired) electrons. The van der Waals surface area contributed by atoms with Crippen LogP contribution in [0.3, 0.4) is 0 Å². The van der Waals surface area contributed by atoms with Crippen LogP contribution in [0.2, 0.25) is 0 Å². The first-order valence-corrected chi connectivity index (χ1v) is 7.45. The highest BCUT2D eigenvalue weighted by atomic mass is 16.2. The monoisotopic (exact) mass is 284 g/mol. The summed E-state index contributed by atoms with van der Waals surface area (Å²) in [7, 11) is 2.14. The number of hydrogen-bond donors (Lipinski definition) is 1. The molecule has 4 rings (SSSR count). The molecule has 1 N–H and O–H groups in total. The van der Waals surface area contributed by atoms with Crippen molar-refractivity contribution in [2.45, 2.75) is 13.3 Å². The van der Waals surface area contributed by atoms with Crippen LogP contribution in [0.15, 0.2) is 18.2 Å². The summed E-state index contributed by atoms with van der Waals surface area (Å²) in [6.07, 6.45) is 0.486. The number of likely N-dealkylation sites (tertiary alicyclic amines) is 2. The fourth-order valence-electron chi connectivity index (χ4n) is 3.82. The minimum Gasteiger partial charge on any atom is -0.342 e. The number of carbonyl (C=O) groups is 1. The van der Waals surface area contributed by atoms with E-state index in [-0.39, 0.29) is 5.91 Å². The molecule has 2 aliphatic heterocycles. The molecular weight excluding hydrogens is 264 g/mol. The Labute approximate surface area is 123 Å². The van der Waals surface area contributed by atoms with E-state index in [9.17, 15) is 4.79 Å². The van der Waals surface area contributed by atoms with Crippen molar-refractivity contribution in [2.75, 3.05) is 33.2 Å². The second-order valence-electron chi connectivity index (χ2n) is 6.77. The number of aromatic amines is 1. The molecular formula is C16H20N4O. The van der Waals surface area contributed by atoms with Crippen LogP contribution in [0.5, 0.6) is 0 Å². The zero-order chi connectivity index (χ0) is 14.6. The number of imidazole rings is 1. The van der Waals surface area contributed by atoms with E-state index in [1.54, 1.807) is 0 Å². The number of aromatic nitrogens is 2. The fraction of sp³-hybridized carbons (Fsp3) is 0.500. The van der Waals surface area contributed by atoms with E-state index in [4.69, 9.17) is 0 Å². The van der Waals surface area contributed by atoms with E-state index < -0.39 is 0 Å². The van der Waals surface area contributed by atoms with Gasteiger partial charge in [-0.2, -0.15) is 0 Å². The van der Waals surface area contributed by atoms with Crippen molar-refractivity contribution in [1.82, 2.24) is 19.8 Å². The lowest BCUT2D eigenvalue weighted by Crippen LogP contribution is -2.72. The van der Waals surface area contributed by atoms with Crippen molar-refractivity contribution in [3.63, 3.8) is 0 Å². The Morgan fingerprint density at radius 2 is 2.10 bits per heavy atom. The number of nitrogens with zero attached hydrogens (tertiary/aromatic N) is 3. The Morgan fingerprint density at radius 1 is 1.33 bits per heavy atom. The summed E-state index contributed by atoms with van der Waals surface area (Å²) in [6.45, 7) is 6.08. The number of fused-ring (bicyclic) bond motifs is 1. The molecule has 1 aromatic carbocycles. The molecule has 0 saturated carbocycles. The van der Waals surface area contributed by atoms with Gasteiger partial charge in [-0.05, 0) is 31.7 Å². The van der Waals surface area contributed by atoms with Gasteiger partial charge in [0.05, 0.1) is 17.5 Å². The largest absolute Gasteiger partial charge is 0.342 e. The number of rotatable bonds is 2. The normalized spacial score (nSPS) is 20.6. The molecule has 110 valence electrons. The quantitative estimate of drug-likeness (QED) is 0.901. The van der Waals surface area contributed by atoms with Crippen LogP contribution >= 0.6 is 0 Å². The molecule has 0 unspecified atom stereocenters. The highest BCUT2D eigenvalue weighted by Crippen LogP contribution is 2.38. The van der Waals surface area contributed by atoms with E-state index in [0.717, 1.165) is 48.6 Å². The average Bonchev–Trinajstić information content (AvgIpc) is 2.71. The molecule has 2 saturated heterocycles. The number of nitrogens with one attached hydrogen (secondary N) is 1. The molecule has 1 amide bonds. The highest BCUT2D eigenvalue weighted by molar-refractivity contribution is 5.82. The SMILES string of the molecule is Cc1nc2ccc(CC(=O)N3CC4(CN(C)C4)C3)cc2[nH]1. The van der Waals surface area contributed by atoms with E-state index in [2.05, 4.69) is 21.9 Å². The molecule has 2 aromatic rings. The lowest BCUT2D eigenvalue weighted by molar-refractivity contribution is -0.155. The van der Waals surface area contributed by atoms with Gasteiger partial charge in [-0.25, -0.2) is 4.98 Å². The van der Waals surface area contributed by atoms with Gasteiger partial charge in [-0.3, -0.25) is 4.79 Å². The molecule has 3 heterocycles. The minimum atomic E-state index is 0.241. The van der Waals surface area contributed by atoms with E-state index in [1.165, 1.54) is 0 Å². The molecule has 2 aliphatic rings. The zero-order valence-corrected chi connectivity index (χ0v) is 12.5. The smallest absolute Gasteiger partial charge is 0.227 e. The van der Waals surface area contributed by atoms with Gasteiger partial charge in [0, 0.05) is 31.6 Å². The first-order chi connectivity index (χ1) is 10.0. The lowest BCUT2D eigenvalue weighted by atomic mass is 9.73. The number of amides is 1. The first-order valence-electron chi connectivity index (χ1n) is 7.45. The summed E-state index contributed by atoms with van der Waals surface area (Å²) in [6, 6.07) is 6.03. The second-order valence-corrected chi connectivity index (χ2v) is 6.77. The van der Waals surface area contributed by atoms with Crippen molar-refractivity contribution >= 4 is 16.9 Å². The molecule has 2 fully saturated rings. The molecule has 0 bridgehead atoms. The summed E-state index contributed by atoms with van der Waals surface area (Å²) < 4.78 is 0. The van der Waals surface area contributed by atoms with Gasteiger partial charge >= 0.3 is 0 Å². The molecule has 0 atom stereocenters. The van der Waals surface area contributed by atoms with Crippen molar-refractivity contribution < 1.29 is 4.79 Å². The lowest BCUT2D eigenvalue weighted by Gasteiger charge is -2.59. The summed E-state index contributed by atoms with van der Waals surface area (Å²) in [5.41, 5.74) is 3.44. The Kier molecular flexibility index (Phi) is 2.63. The van der Waals surface area contributed by atoms with Crippen molar-refractivity contribution in [3.8, 4) is 0 Å². The molecule has 0 aliphatic carbocycles. The third-order valence-electron chi connectivity index (χ3n) is 4.64. The van der Waals surface area contributed by atoms with Gasteiger partial charge in [0.25, 0.3) is 0 Å². The molecule has 1 aromatic heterocycles. The summed E-state index contributed by atoms with van der Waals surface area (Å²) in [4.78, 5) is 24.3. The topological polar surface area (TPSA) is 52.2 Å². The maximum absolute atomic E-state index is 12.3. The maximum Gasteiger partial charge on any atom is 0.227 e. The maximum atomic E-state index is 12.3. The molecule has 5 nitrogen and oxygen atoms in total. The van der Waals surface area contributed by atoms with Crippen LogP contribution < -0.4 is 0 Å². The number of hydrogen-bond acceptors (Lipinski definition) is 3. The third kappa shape index (κ3) is 2.12. The average molecular weight is 284 g/mol. The van der Waals surface area contributed by atoms with Crippen LogP contribution in [0.1, 0.15) is 11.4 Å². The van der Waals surface area contributed by atoms with Gasteiger partial charge < -0.3 is 14.8 Å². The molecule has 5 heteroatoms. The van der Waals surface area contributed by atoms with Gasteiger partial charge in [-0.1, -0.05) is 6.07 Å². The standard InChI is InChI=1S/C16H20N4O/c1-11-17-13-4-3-12(5-14(13)18-11)6-15(21)20-9-16(10-20)7-19(2)8-16/h3-5H,6-10H2,1-2H3,(H,17,18). The molecule has 1 spiro atoms. The summed E-state index contributed by atoms with van der Waals surface area (Å²) in [5.74, 6) is 1.15. The fourth-order valence-corrected chi connectivity index (χ4v) is 3.82. The van der Waals surface area contributed by atoms with Crippen molar-refractivity contribution in [1.29, 1.82) is 0 Å². The van der Waals surface area contributed by atoms with Crippen molar-refractivity contribution in [2.24, 2.45) is 5.41 Å². The van der Waals surface area contributed by atoms with Gasteiger partial charge in [0.1, 0.15) is 5.82 Å². The Hall–Kier alpha value is -1.88. The Morgan fingerprint density at radius 3 is 2.81 bits per heavy atom. The van der Waals surface area contributed by atoms with E-state index >= 15 is 0 Å². The molecule has 21 heavy (non-hydrogen) atoms. The van der Waals surface area contributed by atoms with Crippen LogP contribution in [0, 0.1) is 12.3 Å². The number of H-pyrrole nitrogens is 1. The van der Waals surface area contributed by atoms with Crippen LogP contribution in [0.25, 0.3) is 11.0 Å². The highest BCUT2D eigenvalue weighted by Gasteiger charge is 2.51. The van der Waals surface area contributed by atoms with E-state index in [1.807, 2.05) is 30.0 Å². The van der Waals surface area contributed by atoms with E-state index in [0.29, 0.717) is 11.8 Å². The summed E-state index contributed by atoms with van der Waals surface area (Å²) in [5, 5.41) is 0. The van der Waals surface area contributed by atoms with Crippen LogP contribution in [0.4, 0.5) is 0 Å². The predicted octanol–water partition coefficient (Wildman–Crippen LogP) is 1.19. The van der Waals surface area contributed by atoms with Crippen LogP contribution in [-0.2, 0) is 11.2 Å². The number of carbonyl (C=O) groups excluding carboxylic acids is 1. The van der Waals surface area contributed by atoms with Gasteiger partial charge in [0.15, 0.2) is 0 Å². The predicted molar refractivity (Wildman–Crippen MR) is 81.0 cm³/mol. The minimum absolute atomic E-state index is 0.241. The third-order valence-corrected chi connectivity index (χ3v) is 4.64. The number of aryl methyl sites for hydroxylation is 1. The van der Waals surface area contributed by atoms with Gasteiger partial charge in [-0.15, -0.1) is 0 Å². The first kappa shape index (κ1) is 12.8. The number of benzene rings is 1. The zero-order valence-electron chi connectivity index (χ0n) is 12.5. The second kappa shape index (κ2) is 4.31. The van der Waals surface area contributed by atoms with Crippen LogP contribution in [-0.4, -0.2) is 58.9 Å². The van der Waals surface area contributed by atoms with Crippen molar-refractivity contribution in [3.05, 3.63) is 29.6 Å². The summed E-state index contributed by atoms with van der Waals surface area (Å²) >= 11 is 0.